The van der Waals surface area contributed by atoms with Crippen molar-refractivity contribution in [1.29, 1.82) is 0 Å². The molecule has 0 saturated heterocycles. The van der Waals surface area contributed by atoms with Gasteiger partial charge in [0.2, 0.25) is 5.75 Å². The van der Waals surface area contributed by atoms with E-state index in [-0.39, 0.29) is 16.4 Å². The van der Waals surface area contributed by atoms with Crippen LogP contribution in [0.25, 0.3) is 21.8 Å². The third kappa shape index (κ3) is 3.53. The van der Waals surface area contributed by atoms with Crippen molar-refractivity contribution in [2.24, 2.45) is 0 Å². The zero-order chi connectivity index (χ0) is 22.2. The summed E-state index contributed by atoms with van der Waals surface area (Å²) in [4.78, 5) is 0.0121. The SMILES string of the molecule is CCn1c2ccccc2c2cc(NS(=O)(=O)c3cc(OC)c(OC)c(OC)c3)ccc21. The monoisotopic (exact) mass is 440 g/mol. The first-order valence-corrected chi connectivity index (χ1v) is 11.3. The molecule has 1 aromatic heterocycles. The third-order valence-electron chi connectivity index (χ3n) is 5.29. The fraction of sp³-hybridized carbons (Fsp3) is 0.217. The average molecular weight is 441 g/mol. The molecule has 0 radical (unpaired) electrons. The lowest BCUT2D eigenvalue weighted by Crippen LogP contribution is -2.13. The maximum atomic E-state index is 13.1. The quantitative estimate of drug-likeness (QED) is 0.453. The average Bonchev–Trinajstić information content (AvgIpc) is 3.10. The molecule has 7 nitrogen and oxygen atoms in total. The zero-order valence-electron chi connectivity index (χ0n) is 17.8. The summed E-state index contributed by atoms with van der Waals surface area (Å²) in [5.74, 6) is 0.866. The maximum Gasteiger partial charge on any atom is 0.262 e. The highest BCUT2D eigenvalue weighted by Crippen LogP contribution is 2.40. The smallest absolute Gasteiger partial charge is 0.262 e. The minimum absolute atomic E-state index is 0.0121. The van der Waals surface area contributed by atoms with Gasteiger partial charge in [0.25, 0.3) is 10.0 Å². The van der Waals surface area contributed by atoms with E-state index in [9.17, 15) is 8.42 Å². The predicted molar refractivity (Wildman–Crippen MR) is 122 cm³/mol. The molecule has 1 heterocycles. The Kier molecular flexibility index (Phi) is 5.41. The Morgan fingerprint density at radius 3 is 2.10 bits per heavy atom. The Morgan fingerprint density at radius 1 is 0.839 bits per heavy atom. The Morgan fingerprint density at radius 2 is 1.48 bits per heavy atom. The maximum absolute atomic E-state index is 13.1. The van der Waals surface area contributed by atoms with Gasteiger partial charge in [-0.25, -0.2) is 8.42 Å². The fourth-order valence-electron chi connectivity index (χ4n) is 3.88. The number of fused-ring (bicyclic) bond motifs is 3. The van der Waals surface area contributed by atoms with Crippen LogP contribution in [0.2, 0.25) is 0 Å². The number of methoxy groups -OCH3 is 3. The number of nitrogens with one attached hydrogen (secondary N) is 1. The van der Waals surface area contributed by atoms with Gasteiger partial charge in [-0.3, -0.25) is 4.72 Å². The third-order valence-corrected chi connectivity index (χ3v) is 6.65. The molecule has 0 unspecified atom stereocenters. The molecule has 8 heteroatoms. The molecule has 0 bridgehead atoms. The summed E-state index contributed by atoms with van der Waals surface area (Å²) in [5.41, 5.74) is 2.64. The van der Waals surface area contributed by atoms with Crippen molar-refractivity contribution in [2.75, 3.05) is 26.1 Å². The van der Waals surface area contributed by atoms with Crippen LogP contribution in [0.4, 0.5) is 5.69 Å². The second-order valence-corrected chi connectivity index (χ2v) is 8.64. The summed E-state index contributed by atoms with van der Waals surface area (Å²) in [6.45, 7) is 2.91. The molecule has 0 aliphatic carbocycles. The highest BCUT2D eigenvalue weighted by Gasteiger charge is 2.22. The first-order chi connectivity index (χ1) is 14.9. The van der Waals surface area contributed by atoms with E-state index in [1.54, 1.807) is 6.07 Å². The Labute approximate surface area is 181 Å². The van der Waals surface area contributed by atoms with E-state index >= 15 is 0 Å². The van der Waals surface area contributed by atoms with E-state index in [0.717, 1.165) is 28.4 Å². The number of nitrogens with zero attached hydrogens (tertiary/aromatic N) is 1. The van der Waals surface area contributed by atoms with E-state index in [4.69, 9.17) is 14.2 Å². The van der Waals surface area contributed by atoms with Crippen LogP contribution in [0.1, 0.15) is 6.92 Å². The van der Waals surface area contributed by atoms with Crippen molar-refractivity contribution in [2.45, 2.75) is 18.4 Å². The van der Waals surface area contributed by atoms with Gasteiger partial charge in [0, 0.05) is 46.2 Å². The lowest BCUT2D eigenvalue weighted by atomic mass is 10.1. The molecule has 0 atom stereocenters. The van der Waals surface area contributed by atoms with Gasteiger partial charge in [-0.15, -0.1) is 0 Å². The number of rotatable bonds is 7. The van der Waals surface area contributed by atoms with E-state index in [1.165, 1.54) is 33.5 Å². The molecule has 4 aromatic rings. The van der Waals surface area contributed by atoms with E-state index in [2.05, 4.69) is 22.3 Å². The number of ether oxygens (including phenoxy) is 3. The number of para-hydroxylation sites is 1. The Balaban J connectivity index is 1.79. The normalized spacial score (nSPS) is 11.6. The minimum Gasteiger partial charge on any atom is -0.493 e. The van der Waals surface area contributed by atoms with Crippen molar-refractivity contribution in [3.8, 4) is 17.2 Å². The van der Waals surface area contributed by atoms with Crippen molar-refractivity contribution in [3.63, 3.8) is 0 Å². The highest BCUT2D eigenvalue weighted by molar-refractivity contribution is 7.92. The number of aromatic nitrogens is 1. The van der Waals surface area contributed by atoms with E-state index in [1.807, 2.05) is 30.3 Å². The molecule has 0 spiro atoms. The molecule has 162 valence electrons. The summed E-state index contributed by atoms with van der Waals surface area (Å²) in [5, 5.41) is 2.07. The number of aryl methyl sites for hydroxylation is 1. The molecule has 4 rings (SSSR count). The van der Waals surface area contributed by atoms with Gasteiger partial charge in [0.15, 0.2) is 11.5 Å². The van der Waals surface area contributed by atoms with Crippen molar-refractivity contribution in [3.05, 3.63) is 54.6 Å². The molecule has 0 saturated carbocycles. The molecule has 0 aliphatic rings. The molecule has 3 aromatic carbocycles. The van der Waals surface area contributed by atoms with Crippen LogP contribution in [-0.2, 0) is 16.6 Å². The number of anilines is 1. The molecule has 31 heavy (non-hydrogen) atoms. The van der Waals surface area contributed by atoms with Crippen LogP contribution in [0.5, 0.6) is 17.2 Å². The first kappa shape index (κ1) is 20.9. The van der Waals surface area contributed by atoms with Crippen molar-refractivity contribution in [1.82, 2.24) is 4.57 Å². The fourth-order valence-corrected chi connectivity index (χ4v) is 4.96. The number of sulfonamides is 1. The van der Waals surface area contributed by atoms with Gasteiger partial charge in [0.1, 0.15) is 0 Å². The van der Waals surface area contributed by atoms with Crippen LogP contribution >= 0.6 is 0 Å². The first-order valence-electron chi connectivity index (χ1n) is 9.77. The second-order valence-electron chi connectivity index (χ2n) is 6.96. The second kappa shape index (κ2) is 8.03. The summed E-state index contributed by atoms with van der Waals surface area (Å²) in [7, 11) is 0.457. The van der Waals surface area contributed by atoms with Gasteiger partial charge in [-0.1, -0.05) is 18.2 Å². The van der Waals surface area contributed by atoms with Crippen LogP contribution in [0.15, 0.2) is 59.5 Å². The molecular formula is C23H24N2O5S. The molecular weight excluding hydrogens is 416 g/mol. The lowest BCUT2D eigenvalue weighted by Gasteiger charge is -2.15. The number of hydrogen-bond donors (Lipinski definition) is 1. The van der Waals surface area contributed by atoms with Gasteiger partial charge < -0.3 is 18.8 Å². The number of benzene rings is 3. The standard InChI is InChI=1S/C23H24N2O5S/c1-5-25-19-9-7-6-8-17(19)18-12-15(10-11-20(18)25)24-31(26,27)16-13-21(28-2)23(30-4)22(14-16)29-3/h6-14,24H,5H2,1-4H3. The number of hydrogen-bond acceptors (Lipinski definition) is 5. The molecule has 0 aliphatic heterocycles. The van der Waals surface area contributed by atoms with Crippen LogP contribution in [0.3, 0.4) is 0 Å². The Bertz CT molecular complexity index is 1350. The van der Waals surface area contributed by atoms with Gasteiger partial charge in [0.05, 0.1) is 26.2 Å². The minimum atomic E-state index is -3.90. The van der Waals surface area contributed by atoms with Gasteiger partial charge in [-0.05, 0) is 31.2 Å². The molecule has 0 amide bonds. The Hall–Kier alpha value is -3.39. The van der Waals surface area contributed by atoms with Crippen LogP contribution < -0.4 is 18.9 Å². The molecule has 1 N–H and O–H groups in total. The van der Waals surface area contributed by atoms with Gasteiger partial charge in [-0.2, -0.15) is 0 Å². The summed E-state index contributed by atoms with van der Waals surface area (Å²) < 4.78 is 47.0. The van der Waals surface area contributed by atoms with Crippen LogP contribution in [-0.4, -0.2) is 34.3 Å². The topological polar surface area (TPSA) is 78.8 Å². The van der Waals surface area contributed by atoms with Gasteiger partial charge >= 0.3 is 0 Å². The van der Waals surface area contributed by atoms with Crippen molar-refractivity contribution >= 4 is 37.5 Å². The molecule has 0 fully saturated rings. The lowest BCUT2D eigenvalue weighted by molar-refractivity contribution is 0.323. The predicted octanol–water partition coefficient (Wildman–Crippen LogP) is 4.64. The van der Waals surface area contributed by atoms with E-state index < -0.39 is 10.0 Å². The summed E-state index contributed by atoms with van der Waals surface area (Å²) >= 11 is 0. The van der Waals surface area contributed by atoms with E-state index in [0.29, 0.717) is 11.4 Å². The largest absolute Gasteiger partial charge is 0.493 e. The van der Waals surface area contributed by atoms with Crippen LogP contribution in [0, 0.1) is 0 Å². The zero-order valence-corrected chi connectivity index (χ0v) is 18.6. The summed E-state index contributed by atoms with van der Waals surface area (Å²) in [6.07, 6.45) is 0. The summed E-state index contributed by atoms with van der Waals surface area (Å²) in [6, 6.07) is 16.5. The highest BCUT2D eigenvalue weighted by atomic mass is 32.2. The van der Waals surface area contributed by atoms with Crippen molar-refractivity contribution < 1.29 is 22.6 Å².